The van der Waals surface area contributed by atoms with Gasteiger partial charge in [-0.1, -0.05) is 25.5 Å². The Bertz CT molecular complexity index is 401. The summed E-state index contributed by atoms with van der Waals surface area (Å²) < 4.78 is 13.1. The molecule has 2 unspecified atom stereocenters. The highest BCUT2D eigenvalue weighted by Gasteiger charge is 2.38. The topological polar surface area (TPSA) is 57.5 Å². The molecule has 0 spiro atoms. The van der Waals surface area contributed by atoms with Gasteiger partial charge in [0.15, 0.2) is 0 Å². The Morgan fingerprint density at radius 2 is 2.18 bits per heavy atom. The van der Waals surface area contributed by atoms with Crippen LogP contribution in [0.4, 0.5) is 4.39 Å². The lowest BCUT2D eigenvalue weighted by Gasteiger charge is -2.30. The van der Waals surface area contributed by atoms with Gasteiger partial charge in [0.25, 0.3) is 0 Å². The van der Waals surface area contributed by atoms with E-state index in [9.17, 15) is 14.3 Å². The van der Waals surface area contributed by atoms with Gasteiger partial charge in [-0.05, 0) is 31.0 Å². The number of aliphatic hydroxyl groups is 1. The normalized spacial score (nSPS) is 16.2. The van der Waals surface area contributed by atoms with Crippen molar-refractivity contribution in [2.45, 2.75) is 32.3 Å². The van der Waals surface area contributed by atoms with Crippen molar-refractivity contribution < 1.29 is 19.4 Å². The van der Waals surface area contributed by atoms with Gasteiger partial charge in [0, 0.05) is 0 Å². The Balaban J connectivity index is 3.10. The van der Waals surface area contributed by atoms with Crippen LogP contribution in [0.15, 0.2) is 24.3 Å². The average molecular weight is 240 g/mol. The minimum atomic E-state index is -1.57. The van der Waals surface area contributed by atoms with Gasteiger partial charge in [0.2, 0.25) is 0 Å². The SMILES string of the molecule is CCCC(C(=O)O)C(C)(O)c1cccc(F)c1. The molecule has 0 fully saturated rings. The highest BCUT2D eigenvalue weighted by Crippen LogP contribution is 2.32. The number of carboxylic acid groups (broad SMARTS) is 1. The Kier molecular flexibility index (Phi) is 4.23. The van der Waals surface area contributed by atoms with Crippen molar-refractivity contribution >= 4 is 5.97 Å². The van der Waals surface area contributed by atoms with Crippen LogP contribution in [0.1, 0.15) is 32.3 Å². The van der Waals surface area contributed by atoms with Crippen molar-refractivity contribution in [2.24, 2.45) is 5.92 Å². The third-order valence-corrected chi connectivity index (χ3v) is 2.96. The van der Waals surface area contributed by atoms with Gasteiger partial charge in [-0.15, -0.1) is 0 Å². The summed E-state index contributed by atoms with van der Waals surface area (Å²) in [6, 6.07) is 5.43. The molecule has 0 saturated heterocycles. The zero-order chi connectivity index (χ0) is 13.1. The minimum Gasteiger partial charge on any atom is -0.481 e. The molecule has 94 valence electrons. The van der Waals surface area contributed by atoms with Crippen LogP contribution in [0, 0.1) is 11.7 Å². The van der Waals surface area contributed by atoms with Crippen LogP contribution >= 0.6 is 0 Å². The van der Waals surface area contributed by atoms with Crippen LogP contribution in [-0.4, -0.2) is 16.2 Å². The molecule has 0 radical (unpaired) electrons. The monoisotopic (exact) mass is 240 g/mol. The van der Waals surface area contributed by atoms with Crippen LogP contribution in [0.2, 0.25) is 0 Å². The zero-order valence-corrected chi connectivity index (χ0v) is 9.98. The molecular formula is C13H17FO3. The first-order chi connectivity index (χ1) is 7.89. The van der Waals surface area contributed by atoms with E-state index in [4.69, 9.17) is 5.11 Å². The van der Waals surface area contributed by atoms with Gasteiger partial charge in [0.05, 0.1) is 5.92 Å². The van der Waals surface area contributed by atoms with E-state index in [0.29, 0.717) is 18.4 Å². The van der Waals surface area contributed by atoms with Crippen molar-refractivity contribution in [1.29, 1.82) is 0 Å². The van der Waals surface area contributed by atoms with Crippen molar-refractivity contribution in [1.82, 2.24) is 0 Å². The molecule has 0 aliphatic carbocycles. The second kappa shape index (κ2) is 5.27. The molecule has 1 rings (SSSR count). The molecule has 3 nitrogen and oxygen atoms in total. The van der Waals surface area contributed by atoms with E-state index in [0.717, 1.165) is 0 Å². The fourth-order valence-corrected chi connectivity index (χ4v) is 1.94. The molecule has 0 aliphatic rings. The van der Waals surface area contributed by atoms with Crippen molar-refractivity contribution in [3.05, 3.63) is 35.6 Å². The third kappa shape index (κ3) is 3.03. The third-order valence-electron chi connectivity index (χ3n) is 2.96. The lowest BCUT2D eigenvalue weighted by atomic mass is 9.80. The predicted octanol–water partition coefficient (Wildman–Crippen LogP) is 2.53. The first-order valence-electron chi connectivity index (χ1n) is 5.60. The number of halogens is 1. The van der Waals surface area contributed by atoms with Gasteiger partial charge in [-0.25, -0.2) is 4.39 Å². The first-order valence-corrected chi connectivity index (χ1v) is 5.60. The number of carboxylic acids is 1. The maximum atomic E-state index is 13.1. The van der Waals surface area contributed by atoms with Crippen LogP contribution in [0.25, 0.3) is 0 Å². The predicted molar refractivity (Wildman–Crippen MR) is 62.0 cm³/mol. The first kappa shape index (κ1) is 13.6. The van der Waals surface area contributed by atoms with Gasteiger partial charge in [0.1, 0.15) is 11.4 Å². The van der Waals surface area contributed by atoms with Gasteiger partial charge < -0.3 is 10.2 Å². The number of aliphatic carboxylic acids is 1. The molecule has 0 aliphatic heterocycles. The smallest absolute Gasteiger partial charge is 0.309 e. The molecule has 2 N–H and O–H groups in total. The molecule has 2 atom stereocenters. The molecule has 1 aromatic carbocycles. The van der Waals surface area contributed by atoms with Gasteiger partial charge in [-0.2, -0.15) is 0 Å². The summed E-state index contributed by atoms with van der Waals surface area (Å²) in [5.74, 6) is -2.49. The number of benzene rings is 1. The summed E-state index contributed by atoms with van der Waals surface area (Å²) in [5, 5.41) is 19.4. The lowest BCUT2D eigenvalue weighted by Crippen LogP contribution is -2.37. The summed E-state index contributed by atoms with van der Waals surface area (Å²) in [6.07, 6.45) is 0.987. The maximum Gasteiger partial charge on any atom is 0.309 e. The Labute approximate surface area is 99.9 Å². The lowest BCUT2D eigenvalue weighted by molar-refractivity contribution is -0.152. The maximum absolute atomic E-state index is 13.1. The van der Waals surface area contributed by atoms with Crippen molar-refractivity contribution in [3.8, 4) is 0 Å². The quantitative estimate of drug-likeness (QED) is 0.831. The van der Waals surface area contributed by atoms with E-state index in [2.05, 4.69) is 0 Å². The Morgan fingerprint density at radius 1 is 1.53 bits per heavy atom. The Hall–Kier alpha value is -1.42. The minimum absolute atomic E-state index is 0.290. The van der Waals surface area contributed by atoms with Crippen LogP contribution in [0.5, 0.6) is 0 Å². The number of rotatable bonds is 5. The molecule has 17 heavy (non-hydrogen) atoms. The van der Waals surface area contributed by atoms with Gasteiger partial charge in [-0.3, -0.25) is 4.79 Å². The second-order valence-electron chi connectivity index (χ2n) is 4.34. The standard InChI is InChI=1S/C13H17FO3/c1-3-5-11(12(15)16)13(2,17)9-6-4-7-10(14)8-9/h4,6-8,11,17H,3,5H2,1-2H3,(H,15,16). The summed E-state index contributed by atoms with van der Waals surface area (Å²) in [5.41, 5.74) is -1.28. The fourth-order valence-electron chi connectivity index (χ4n) is 1.94. The van der Waals surface area contributed by atoms with Crippen LogP contribution in [0.3, 0.4) is 0 Å². The Morgan fingerprint density at radius 3 is 2.65 bits per heavy atom. The van der Waals surface area contributed by atoms with E-state index in [1.807, 2.05) is 6.92 Å². The molecule has 0 bridgehead atoms. The summed E-state index contributed by atoms with van der Waals surface area (Å²) in [6.45, 7) is 3.26. The van der Waals surface area contributed by atoms with Crippen molar-refractivity contribution in [2.75, 3.05) is 0 Å². The second-order valence-corrected chi connectivity index (χ2v) is 4.34. The van der Waals surface area contributed by atoms with E-state index in [-0.39, 0.29) is 0 Å². The average Bonchev–Trinajstić information content (AvgIpc) is 2.25. The number of carbonyl (C=O) groups is 1. The highest BCUT2D eigenvalue weighted by atomic mass is 19.1. The van der Waals surface area contributed by atoms with E-state index >= 15 is 0 Å². The van der Waals surface area contributed by atoms with E-state index in [1.165, 1.54) is 31.2 Å². The molecule has 0 amide bonds. The molecule has 0 aromatic heterocycles. The summed E-state index contributed by atoms with van der Waals surface area (Å²) in [7, 11) is 0. The zero-order valence-electron chi connectivity index (χ0n) is 9.98. The number of hydrogen-bond acceptors (Lipinski definition) is 2. The van der Waals surface area contributed by atoms with E-state index < -0.39 is 23.3 Å². The highest BCUT2D eigenvalue weighted by molar-refractivity contribution is 5.71. The number of hydrogen-bond donors (Lipinski definition) is 2. The fraction of sp³-hybridized carbons (Fsp3) is 0.462. The molecule has 1 aromatic rings. The van der Waals surface area contributed by atoms with Crippen LogP contribution < -0.4 is 0 Å². The molecule has 0 heterocycles. The molecule has 0 saturated carbocycles. The van der Waals surface area contributed by atoms with Crippen LogP contribution in [-0.2, 0) is 10.4 Å². The van der Waals surface area contributed by atoms with Gasteiger partial charge >= 0.3 is 5.97 Å². The summed E-state index contributed by atoms with van der Waals surface area (Å²) >= 11 is 0. The molecular weight excluding hydrogens is 223 g/mol. The van der Waals surface area contributed by atoms with E-state index in [1.54, 1.807) is 0 Å². The van der Waals surface area contributed by atoms with Crippen molar-refractivity contribution in [3.63, 3.8) is 0 Å². The molecule has 4 heteroatoms. The largest absolute Gasteiger partial charge is 0.481 e. The summed E-state index contributed by atoms with van der Waals surface area (Å²) in [4.78, 5) is 11.1.